The van der Waals surface area contributed by atoms with Gasteiger partial charge in [0, 0.05) is 5.56 Å². The molecule has 0 saturated heterocycles. The third-order valence-electron chi connectivity index (χ3n) is 2.69. The van der Waals surface area contributed by atoms with Crippen LogP contribution in [-0.2, 0) is 0 Å². The Bertz CT molecular complexity index is 835. The van der Waals surface area contributed by atoms with Gasteiger partial charge in [-0.25, -0.2) is 10.1 Å². The fourth-order valence-electron chi connectivity index (χ4n) is 1.73. The second kappa shape index (κ2) is 5.58. The lowest BCUT2D eigenvalue weighted by atomic mass is 10.2. The van der Waals surface area contributed by atoms with E-state index in [1.54, 1.807) is 24.3 Å². The Morgan fingerprint density at radius 2 is 2.14 bits per heavy atom. The molecule has 2 N–H and O–H groups in total. The number of nitrogens with zero attached hydrogens (tertiary/aromatic N) is 2. The Morgan fingerprint density at radius 3 is 2.81 bits per heavy atom. The maximum atomic E-state index is 12.1. The number of hydrogen-bond acceptors (Lipinski definition) is 6. The van der Waals surface area contributed by atoms with E-state index in [1.807, 2.05) is 13.0 Å². The molecule has 3 rings (SSSR count). The Labute approximate surface area is 128 Å². The number of benzene rings is 1. The Hall–Kier alpha value is -2.32. The van der Waals surface area contributed by atoms with Crippen LogP contribution in [0.15, 0.2) is 34.7 Å². The molecule has 1 amide bonds. The SMILES string of the molecule is Cc1nc(NC(=O)c2ccccc2)sc1-c1n[nH]c(=S)o1. The van der Waals surface area contributed by atoms with Crippen LogP contribution in [0.2, 0.25) is 0 Å². The average molecular weight is 318 g/mol. The molecule has 21 heavy (non-hydrogen) atoms. The van der Waals surface area contributed by atoms with Crippen molar-refractivity contribution in [2.24, 2.45) is 0 Å². The second-order valence-corrected chi connectivity index (χ2v) is 5.54. The summed E-state index contributed by atoms with van der Waals surface area (Å²) in [7, 11) is 0. The highest BCUT2D eigenvalue weighted by Gasteiger charge is 2.16. The number of rotatable bonds is 3. The number of aromatic nitrogens is 3. The van der Waals surface area contributed by atoms with Gasteiger partial charge in [0.05, 0.1) is 5.69 Å². The van der Waals surface area contributed by atoms with Crippen LogP contribution in [0.4, 0.5) is 5.13 Å². The number of H-pyrrole nitrogens is 1. The fraction of sp³-hybridized carbons (Fsp3) is 0.0769. The van der Waals surface area contributed by atoms with Gasteiger partial charge in [0.1, 0.15) is 4.88 Å². The first-order chi connectivity index (χ1) is 10.1. The first-order valence-corrected chi connectivity index (χ1v) is 7.25. The molecule has 0 radical (unpaired) electrons. The van der Waals surface area contributed by atoms with Crippen molar-refractivity contribution >= 4 is 34.6 Å². The highest BCUT2D eigenvalue weighted by Crippen LogP contribution is 2.31. The summed E-state index contributed by atoms with van der Waals surface area (Å²) in [5.74, 6) is 0.161. The van der Waals surface area contributed by atoms with E-state index >= 15 is 0 Å². The molecule has 0 fully saturated rings. The minimum atomic E-state index is -0.209. The summed E-state index contributed by atoms with van der Waals surface area (Å²) in [6.07, 6.45) is 0. The van der Waals surface area contributed by atoms with Gasteiger partial charge in [0.15, 0.2) is 5.13 Å². The number of nitrogens with one attached hydrogen (secondary N) is 2. The number of carbonyl (C=O) groups excluding carboxylic acids is 1. The van der Waals surface area contributed by atoms with Crippen molar-refractivity contribution in [2.75, 3.05) is 5.32 Å². The minimum absolute atomic E-state index is 0.202. The summed E-state index contributed by atoms with van der Waals surface area (Å²) in [5.41, 5.74) is 1.29. The van der Waals surface area contributed by atoms with Crippen LogP contribution in [0.1, 0.15) is 16.1 Å². The lowest BCUT2D eigenvalue weighted by molar-refractivity contribution is 0.102. The molecule has 0 spiro atoms. The normalized spacial score (nSPS) is 10.5. The second-order valence-electron chi connectivity index (χ2n) is 4.17. The molecule has 0 aliphatic rings. The van der Waals surface area contributed by atoms with E-state index in [9.17, 15) is 4.79 Å². The summed E-state index contributed by atoms with van der Waals surface area (Å²) < 4.78 is 5.26. The predicted octanol–water partition coefficient (Wildman–Crippen LogP) is 3.42. The third-order valence-corrected chi connectivity index (χ3v) is 3.92. The van der Waals surface area contributed by atoms with E-state index in [0.29, 0.717) is 22.3 Å². The molecule has 3 aromatic rings. The van der Waals surface area contributed by atoms with E-state index in [4.69, 9.17) is 16.6 Å². The molecular weight excluding hydrogens is 308 g/mol. The number of amides is 1. The number of aryl methyl sites for hydroxylation is 1. The van der Waals surface area contributed by atoms with Crippen LogP contribution < -0.4 is 5.32 Å². The number of aromatic amines is 1. The third kappa shape index (κ3) is 2.91. The van der Waals surface area contributed by atoms with Gasteiger partial charge >= 0.3 is 0 Å². The molecule has 0 bridgehead atoms. The zero-order valence-corrected chi connectivity index (χ0v) is 12.5. The maximum absolute atomic E-state index is 12.1. The van der Waals surface area contributed by atoms with Crippen molar-refractivity contribution in [3.8, 4) is 10.8 Å². The molecule has 0 unspecified atom stereocenters. The molecule has 0 aliphatic carbocycles. The van der Waals surface area contributed by atoms with Crippen LogP contribution in [-0.4, -0.2) is 21.1 Å². The van der Waals surface area contributed by atoms with Crippen LogP contribution in [0, 0.1) is 11.8 Å². The van der Waals surface area contributed by atoms with Crippen LogP contribution in [0.5, 0.6) is 0 Å². The van der Waals surface area contributed by atoms with Gasteiger partial charge in [-0.3, -0.25) is 10.1 Å². The Morgan fingerprint density at radius 1 is 1.38 bits per heavy atom. The highest BCUT2D eigenvalue weighted by atomic mass is 32.1. The molecule has 0 atom stereocenters. The maximum Gasteiger partial charge on any atom is 0.284 e. The van der Waals surface area contributed by atoms with E-state index in [0.717, 1.165) is 4.88 Å². The molecule has 0 aliphatic heterocycles. The number of carbonyl (C=O) groups is 1. The van der Waals surface area contributed by atoms with Crippen molar-refractivity contribution in [2.45, 2.75) is 6.92 Å². The number of hydrogen-bond donors (Lipinski definition) is 2. The van der Waals surface area contributed by atoms with E-state index in [2.05, 4.69) is 20.5 Å². The van der Waals surface area contributed by atoms with Gasteiger partial charge in [-0.15, -0.1) is 5.10 Å². The molecular formula is C13H10N4O2S2. The average Bonchev–Trinajstić information content (AvgIpc) is 3.06. The van der Waals surface area contributed by atoms with Crippen LogP contribution in [0.3, 0.4) is 0 Å². The van der Waals surface area contributed by atoms with Crippen molar-refractivity contribution < 1.29 is 9.21 Å². The molecule has 8 heteroatoms. The largest absolute Gasteiger partial charge is 0.408 e. The number of thiazole rings is 1. The molecule has 0 saturated carbocycles. The summed E-state index contributed by atoms with van der Waals surface area (Å²) in [6, 6.07) is 8.95. The first-order valence-electron chi connectivity index (χ1n) is 6.03. The zero-order chi connectivity index (χ0) is 14.8. The van der Waals surface area contributed by atoms with Gasteiger partial charge in [-0.2, -0.15) is 0 Å². The van der Waals surface area contributed by atoms with Gasteiger partial charge < -0.3 is 4.42 Å². The monoisotopic (exact) mass is 318 g/mol. The predicted molar refractivity (Wildman–Crippen MR) is 81.9 cm³/mol. The minimum Gasteiger partial charge on any atom is -0.408 e. The van der Waals surface area contributed by atoms with Crippen molar-refractivity contribution in [3.63, 3.8) is 0 Å². The Balaban J connectivity index is 1.85. The summed E-state index contributed by atoms with van der Waals surface area (Å²) in [5, 5.41) is 9.76. The zero-order valence-electron chi connectivity index (χ0n) is 10.9. The lowest BCUT2D eigenvalue weighted by Gasteiger charge is -2.00. The molecule has 1 aromatic carbocycles. The van der Waals surface area contributed by atoms with Crippen LogP contribution >= 0.6 is 23.6 Å². The van der Waals surface area contributed by atoms with Crippen molar-refractivity contribution in [1.29, 1.82) is 0 Å². The van der Waals surface area contributed by atoms with E-state index in [1.165, 1.54) is 11.3 Å². The van der Waals surface area contributed by atoms with Gasteiger partial charge in [0.2, 0.25) is 0 Å². The van der Waals surface area contributed by atoms with Crippen molar-refractivity contribution in [3.05, 3.63) is 46.4 Å². The Kier molecular flexibility index (Phi) is 3.63. The van der Waals surface area contributed by atoms with Gasteiger partial charge in [-0.05, 0) is 31.3 Å². The fourth-order valence-corrected chi connectivity index (χ4v) is 2.75. The topological polar surface area (TPSA) is 83.8 Å². The first kappa shape index (κ1) is 13.7. The van der Waals surface area contributed by atoms with Gasteiger partial charge in [-0.1, -0.05) is 29.5 Å². The summed E-state index contributed by atoms with van der Waals surface area (Å²) in [6.45, 7) is 1.82. The molecule has 2 heterocycles. The quantitative estimate of drug-likeness (QED) is 0.723. The molecule has 6 nitrogen and oxygen atoms in total. The van der Waals surface area contributed by atoms with E-state index in [-0.39, 0.29) is 10.7 Å². The lowest BCUT2D eigenvalue weighted by Crippen LogP contribution is -2.11. The standard InChI is InChI=1S/C13H10N4O2S2/c1-7-9(11-16-17-13(20)19-11)21-12(14-7)15-10(18)8-5-3-2-4-6-8/h2-6H,1H3,(H,17,20)(H,14,15,18). The summed E-state index contributed by atoms with van der Waals surface area (Å²) >= 11 is 6.13. The highest BCUT2D eigenvalue weighted by molar-refractivity contribution is 7.71. The summed E-state index contributed by atoms with van der Waals surface area (Å²) in [4.78, 5) is 17.3. The number of anilines is 1. The molecule has 106 valence electrons. The van der Waals surface area contributed by atoms with Crippen molar-refractivity contribution in [1.82, 2.24) is 15.2 Å². The van der Waals surface area contributed by atoms with Gasteiger partial charge in [0.25, 0.3) is 16.6 Å². The van der Waals surface area contributed by atoms with Crippen LogP contribution in [0.25, 0.3) is 10.8 Å². The molecule has 2 aromatic heterocycles. The smallest absolute Gasteiger partial charge is 0.284 e. The van der Waals surface area contributed by atoms with E-state index < -0.39 is 0 Å².